The van der Waals surface area contributed by atoms with Crippen molar-refractivity contribution in [3.63, 3.8) is 0 Å². The highest BCUT2D eigenvalue weighted by Gasteiger charge is 2.13. The molecule has 0 atom stereocenters. The number of nitrogens with zero attached hydrogens (tertiary/aromatic N) is 1. The molecule has 3 rings (SSSR count). The van der Waals surface area contributed by atoms with Crippen molar-refractivity contribution in [2.75, 3.05) is 11.2 Å². The Labute approximate surface area is 144 Å². The fourth-order valence-corrected chi connectivity index (χ4v) is 2.60. The van der Waals surface area contributed by atoms with Crippen molar-refractivity contribution in [3.8, 4) is 11.5 Å². The number of alkyl halides is 1. The van der Waals surface area contributed by atoms with Crippen LogP contribution >= 0.6 is 39.1 Å². The lowest BCUT2D eigenvalue weighted by Crippen LogP contribution is -2.12. The second kappa shape index (κ2) is 6.28. The third kappa shape index (κ3) is 3.11. The fraction of sp³-hybridized carbons (Fsp3) is 0.0667. The van der Waals surface area contributed by atoms with Crippen molar-refractivity contribution in [2.45, 2.75) is 0 Å². The van der Waals surface area contributed by atoms with Gasteiger partial charge in [0.05, 0.1) is 10.6 Å². The first kappa shape index (κ1) is 15.3. The number of fused-ring (bicyclic) bond motifs is 1. The quantitative estimate of drug-likeness (QED) is 0.624. The van der Waals surface area contributed by atoms with Gasteiger partial charge in [0, 0.05) is 10.2 Å². The normalized spacial score (nSPS) is 10.9. The Kier molecular flexibility index (Phi) is 4.38. The van der Waals surface area contributed by atoms with Gasteiger partial charge in [-0.15, -0.1) is 11.6 Å². The van der Waals surface area contributed by atoms with Gasteiger partial charge in [-0.1, -0.05) is 27.5 Å². The van der Waals surface area contributed by atoms with Crippen LogP contribution in [0.2, 0.25) is 5.02 Å². The number of nitrogens with one attached hydrogen (secondary N) is 1. The molecule has 0 fully saturated rings. The van der Waals surface area contributed by atoms with Crippen LogP contribution in [-0.4, -0.2) is 16.8 Å². The summed E-state index contributed by atoms with van der Waals surface area (Å²) in [7, 11) is 0. The van der Waals surface area contributed by atoms with E-state index < -0.39 is 0 Å². The summed E-state index contributed by atoms with van der Waals surface area (Å²) in [4.78, 5) is 15.7. The molecule has 0 bridgehead atoms. The molecule has 4 nitrogen and oxygen atoms in total. The molecule has 3 aromatic rings. The van der Waals surface area contributed by atoms with Crippen LogP contribution in [0.4, 0.5) is 5.69 Å². The summed E-state index contributed by atoms with van der Waals surface area (Å²) in [5, 5.41) is 3.21. The van der Waals surface area contributed by atoms with Crippen molar-refractivity contribution in [1.29, 1.82) is 0 Å². The number of anilines is 1. The van der Waals surface area contributed by atoms with Gasteiger partial charge >= 0.3 is 0 Å². The third-order valence-electron chi connectivity index (χ3n) is 2.95. The summed E-state index contributed by atoms with van der Waals surface area (Å²) in [6.45, 7) is 0. The molecule has 0 saturated carbocycles. The number of aromatic nitrogens is 1. The molecule has 0 spiro atoms. The molecule has 0 unspecified atom stereocenters. The van der Waals surface area contributed by atoms with Gasteiger partial charge in [-0.05, 0) is 36.4 Å². The number of halogens is 3. The monoisotopic (exact) mass is 398 g/mol. The zero-order valence-electron chi connectivity index (χ0n) is 11.1. The third-order valence-corrected chi connectivity index (χ3v) is 4.02. The molecule has 1 heterocycles. The first-order valence-corrected chi connectivity index (χ1v) is 7.99. The Bertz CT molecular complexity index is 864. The smallest absolute Gasteiger partial charge is 0.239 e. The first-order chi connectivity index (χ1) is 10.6. The SMILES string of the molecule is O=C(CCl)Nc1ccc2oc(-c3cc(Br)ccc3Cl)nc2c1. The van der Waals surface area contributed by atoms with E-state index in [4.69, 9.17) is 27.6 Å². The molecule has 0 aliphatic rings. The van der Waals surface area contributed by atoms with E-state index in [2.05, 4.69) is 26.2 Å². The summed E-state index contributed by atoms with van der Waals surface area (Å²) in [6, 6.07) is 10.6. The Hall–Kier alpha value is -1.56. The molecule has 0 aliphatic heterocycles. The minimum Gasteiger partial charge on any atom is -0.436 e. The Morgan fingerprint density at radius 3 is 2.86 bits per heavy atom. The van der Waals surface area contributed by atoms with E-state index >= 15 is 0 Å². The Morgan fingerprint density at radius 2 is 2.09 bits per heavy atom. The van der Waals surface area contributed by atoms with E-state index in [0.29, 0.717) is 33.3 Å². The molecule has 7 heteroatoms. The zero-order chi connectivity index (χ0) is 15.7. The molecule has 0 aliphatic carbocycles. The number of carbonyl (C=O) groups is 1. The summed E-state index contributed by atoms with van der Waals surface area (Å²) < 4.78 is 6.60. The number of rotatable bonds is 3. The Balaban J connectivity index is 2.02. The molecule has 0 radical (unpaired) electrons. The van der Waals surface area contributed by atoms with E-state index in [-0.39, 0.29) is 11.8 Å². The average molecular weight is 400 g/mol. The number of hydrogen-bond donors (Lipinski definition) is 1. The highest BCUT2D eigenvalue weighted by Crippen LogP contribution is 2.32. The van der Waals surface area contributed by atoms with E-state index in [9.17, 15) is 4.79 Å². The van der Waals surface area contributed by atoms with Gasteiger partial charge < -0.3 is 9.73 Å². The lowest BCUT2D eigenvalue weighted by Gasteiger charge is -2.01. The minimum atomic E-state index is -0.278. The van der Waals surface area contributed by atoms with Gasteiger partial charge in [-0.25, -0.2) is 4.98 Å². The number of carbonyl (C=O) groups excluding carboxylic acids is 1. The maximum atomic E-state index is 11.3. The van der Waals surface area contributed by atoms with E-state index in [1.54, 1.807) is 24.3 Å². The predicted octanol–water partition coefficient (Wildman–Crippen LogP) is 5.09. The van der Waals surface area contributed by atoms with Crippen LogP contribution in [0.25, 0.3) is 22.6 Å². The van der Waals surface area contributed by atoms with Gasteiger partial charge in [0.2, 0.25) is 11.8 Å². The maximum absolute atomic E-state index is 11.3. The lowest BCUT2D eigenvalue weighted by molar-refractivity contribution is -0.113. The van der Waals surface area contributed by atoms with Crippen molar-refractivity contribution >= 4 is 61.8 Å². The van der Waals surface area contributed by atoms with Gasteiger partial charge in [0.1, 0.15) is 11.4 Å². The lowest BCUT2D eigenvalue weighted by atomic mass is 10.2. The van der Waals surface area contributed by atoms with Crippen molar-refractivity contribution in [3.05, 3.63) is 45.9 Å². The van der Waals surface area contributed by atoms with Crippen LogP contribution in [0.15, 0.2) is 45.3 Å². The first-order valence-electron chi connectivity index (χ1n) is 6.28. The molecule has 112 valence electrons. The maximum Gasteiger partial charge on any atom is 0.239 e. The van der Waals surface area contributed by atoms with E-state index in [0.717, 1.165) is 4.47 Å². The summed E-state index contributed by atoms with van der Waals surface area (Å²) in [6.07, 6.45) is 0. The molecule has 1 N–H and O–H groups in total. The summed E-state index contributed by atoms with van der Waals surface area (Å²) >= 11 is 15.1. The van der Waals surface area contributed by atoms with Crippen LogP contribution < -0.4 is 5.32 Å². The highest BCUT2D eigenvalue weighted by atomic mass is 79.9. The molecular formula is C15H9BrCl2N2O2. The van der Waals surface area contributed by atoms with Crippen LogP contribution in [0.3, 0.4) is 0 Å². The van der Waals surface area contributed by atoms with Crippen molar-refractivity contribution < 1.29 is 9.21 Å². The van der Waals surface area contributed by atoms with E-state index in [1.165, 1.54) is 0 Å². The number of amides is 1. The molecule has 2 aromatic carbocycles. The Morgan fingerprint density at radius 1 is 1.27 bits per heavy atom. The predicted molar refractivity (Wildman–Crippen MR) is 91.5 cm³/mol. The molecule has 1 aromatic heterocycles. The van der Waals surface area contributed by atoms with Crippen molar-refractivity contribution in [2.24, 2.45) is 0 Å². The van der Waals surface area contributed by atoms with Crippen LogP contribution in [0, 0.1) is 0 Å². The van der Waals surface area contributed by atoms with Crippen LogP contribution in [-0.2, 0) is 4.79 Å². The van der Waals surface area contributed by atoms with Crippen molar-refractivity contribution in [1.82, 2.24) is 4.98 Å². The number of benzene rings is 2. The standard InChI is InChI=1S/C15H9BrCl2N2O2/c16-8-1-3-11(18)10(5-8)15-20-12-6-9(19-14(21)7-17)2-4-13(12)22-15/h1-6H,7H2,(H,19,21). The fourth-order valence-electron chi connectivity index (χ4n) is 1.98. The number of hydrogen-bond acceptors (Lipinski definition) is 3. The molecule has 1 amide bonds. The van der Waals surface area contributed by atoms with E-state index in [1.807, 2.05) is 12.1 Å². The van der Waals surface area contributed by atoms with Crippen LogP contribution in [0.1, 0.15) is 0 Å². The topological polar surface area (TPSA) is 55.1 Å². The van der Waals surface area contributed by atoms with Gasteiger partial charge in [0.15, 0.2) is 5.58 Å². The zero-order valence-corrected chi connectivity index (χ0v) is 14.2. The highest BCUT2D eigenvalue weighted by molar-refractivity contribution is 9.10. The van der Waals surface area contributed by atoms with Gasteiger partial charge in [-0.3, -0.25) is 4.79 Å². The van der Waals surface area contributed by atoms with Crippen LogP contribution in [0.5, 0.6) is 0 Å². The average Bonchev–Trinajstić information content (AvgIpc) is 2.92. The van der Waals surface area contributed by atoms with Gasteiger partial charge in [-0.2, -0.15) is 0 Å². The second-order valence-corrected chi connectivity index (χ2v) is 6.10. The molecular weight excluding hydrogens is 391 g/mol. The largest absolute Gasteiger partial charge is 0.436 e. The second-order valence-electron chi connectivity index (χ2n) is 4.51. The molecule has 22 heavy (non-hydrogen) atoms. The molecule has 0 saturated heterocycles. The van der Waals surface area contributed by atoms with Gasteiger partial charge in [0.25, 0.3) is 0 Å². The minimum absolute atomic E-state index is 0.101. The summed E-state index contributed by atoms with van der Waals surface area (Å²) in [5.41, 5.74) is 2.53. The summed E-state index contributed by atoms with van der Waals surface area (Å²) in [5.74, 6) is 0.0392. The number of oxazole rings is 1.